The summed E-state index contributed by atoms with van der Waals surface area (Å²) in [7, 11) is 0. The van der Waals surface area contributed by atoms with E-state index in [0.29, 0.717) is 22.6 Å². The molecule has 0 saturated carbocycles. The molecule has 0 spiro atoms. The third-order valence-electron chi connectivity index (χ3n) is 3.07. The number of hydrogen-bond acceptors (Lipinski definition) is 4. The molecule has 2 aromatic carbocycles. The van der Waals surface area contributed by atoms with Gasteiger partial charge in [-0.15, -0.1) is 0 Å². The highest BCUT2D eigenvalue weighted by Gasteiger charge is 2.06. The van der Waals surface area contributed by atoms with E-state index in [1.54, 1.807) is 42.5 Å². The number of carbonyl (C=O) groups is 3. The minimum Gasteiger partial charge on any atom is -0.376 e. The average Bonchev–Trinajstić information content (AvgIpc) is 2.53. The van der Waals surface area contributed by atoms with Crippen LogP contribution in [0.1, 0.15) is 17.3 Å². The molecule has 7 nitrogen and oxygen atoms in total. The van der Waals surface area contributed by atoms with Gasteiger partial charge in [0.05, 0.1) is 6.54 Å². The Hall–Kier alpha value is -3.35. The van der Waals surface area contributed by atoms with Crippen LogP contribution in [0.15, 0.2) is 48.5 Å². The minimum atomic E-state index is -0.556. The Morgan fingerprint density at radius 1 is 0.917 bits per heavy atom. The normalized spacial score (nSPS) is 9.88. The molecule has 0 heterocycles. The lowest BCUT2D eigenvalue weighted by Crippen LogP contribution is -2.22. The van der Waals surface area contributed by atoms with Crippen molar-refractivity contribution in [2.24, 2.45) is 5.73 Å². The highest BCUT2D eigenvalue weighted by molar-refractivity contribution is 5.97. The van der Waals surface area contributed by atoms with Crippen LogP contribution in [-0.2, 0) is 9.59 Å². The maximum atomic E-state index is 12.0. The third kappa shape index (κ3) is 5.13. The first-order valence-corrected chi connectivity index (χ1v) is 7.25. The first-order chi connectivity index (χ1) is 11.4. The SMILES string of the molecule is CC(=O)Nc1cccc(NCC(=O)Nc2cccc(C(N)=O)c2)c1. The number of primary amides is 1. The largest absolute Gasteiger partial charge is 0.376 e. The van der Waals surface area contributed by atoms with Gasteiger partial charge in [-0.1, -0.05) is 12.1 Å². The number of hydrogen-bond donors (Lipinski definition) is 4. The summed E-state index contributed by atoms with van der Waals surface area (Å²) in [6.07, 6.45) is 0. The molecule has 0 saturated heterocycles. The number of nitrogens with one attached hydrogen (secondary N) is 3. The fourth-order valence-electron chi connectivity index (χ4n) is 2.05. The highest BCUT2D eigenvalue weighted by Crippen LogP contribution is 2.15. The Bertz CT molecular complexity index is 774. The molecule has 2 rings (SSSR count). The lowest BCUT2D eigenvalue weighted by Gasteiger charge is -2.10. The molecular weight excluding hydrogens is 308 g/mol. The lowest BCUT2D eigenvalue weighted by atomic mass is 10.2. The van der Waals surface area contributed by atoms with Crippen LogP contribution in [0, 0.1) is 0 Å². The van der Waals surface area contributed by atoms with E-state index in [1.165, 1.54) is 13.0 Å². The zero-order chi connectivity index (χ0) is 17.5. The summed E-state index contributed by atoms with van der Waals surface area (Å²) in [6, 6.07) is 13.4. The second kappa shape index (κ2) is 7.77. The maximum Gasteiger partial charge on any atom is 0.248 e. The molecule has 0 fully saturated rings. The lowest BCUT2D eigenvalue weighted by molar-refractivity contribution is -0.115. The molecular formula is C17H18N4O3. The smallest absolute Gasteiger partial charge is 0.248 e. The minimum absolute atomic E-state index is 0.0321. The van der Waals surface area contributed by atoms with Gasteiger partial charge < -0.3 is 21.7 Å². The van der Waals surface area contributed by atoms with E-state index in [9.17, 15) is 14.4 Å². The summed E-state index contributed by atoms with van der Waals surface area (Å²) >= 11 is 0. The van der Waals surface area contributed by atoms with Crippen LogP contribution in [-0.4, -0.2) is 24.3 Å². The molecule has 124 valence electrons. The van der Waals surface area contributed by atoms with Crippen LogP contribution in [0.2, 0.25) is 0 Å². The van der Waals surface area contributed by atoms with Crippen molar-refractivity contribution < 1.29 is 14.4 Å². The molecule has 0 aliphatic rings. The van der Waals surface area contributed by atoms with Crippen LogP contribution in [0.3, 0.4) is 0 Å². The Morgan fingerprint density at radius 2 is 1.54 bits per heavy atom. The molecule has 3 amide bonds. The first kappa shape index (κ1) is 17.0. The second-order valence-electron chi connectivity index (χ2n) is 5.11. The number of benzene rings is 2. The van der Waals surface area contributed by atoms with Crippen molar-refractivity contribution in [1.82, 2.24) is 0 Å². The predicted molar refractivity (Wildman–Crippen MR) is 92.8 cm³/mol. The summed E-state index contributed by atoms with van der Waals surface area (Å²) in [4.78, 5) is 34.1. The van der Waals surface area contributed by atoms with Crippen LogP contribution in [0.25, 0.3) is 0 Å². The van der Waals surface area contributed by atoms with Crippen LogP contribution >= 0.6 is 0 Å². The molecule has 0 aliphatic carbocycles. The van der Waals surface area contributed by atoms with Crippen LogP contribution < -0.4 is 21.7 Å². The van der Waals surface area contributed by atoms with Gasteiger partial charge in [0.1, 0.15) is 0 Å². The van der Waals surface area contributed by atoms with Gasteiger partial charge in [-0.25, -0.2) is 0 Å². The van der Waals surface area contributed by atoms with E-state index in [4.69, 9.17) is 5.73 Å². The first-order valence-electron chi connectivity index (χ1n) is 7.25. The van der Waals surface area contributed by atoms with Crippen LogP contribution in [0.4, 0.5) is 17.1 Å². The monoisotopic (exact) mass is 326 g/mol. The Labute approximate surface area is 139 Å². The fraction of sp³-hybridized carbons (Fsp3) is 0.118. The molecule has 0 aliphatic heterocycles. The molecule has 0 atom stereocenters. The summed E-state index contributed by atoms with van der Waals surface area (Å²) in [5.41, 5.74) is 7.35. The van der Waals surface area contributed by atoms with Crippen molar-refractivity contribution in [2.75, 3.05) is 22.5 Å². The van der Waals surface area contributed by atoms with Gasteiger partial charge in [-0.05, 0) is 36.4 Å². The van der Waals surface area contributed by atoms with E-state index in [0.717, 1.165) is 0 Å². The Kier molecular flexibility index (Phi) is 5.51. The van der Waals surface area contributed by atoms with E-state index < -0.39 is 5.91 Å². The quantitative estimate of drug-likeness (QED) is 0.648. The number of nitrogens with two attached hydrogens (primary N) is 1. The molecule has 0 aromatic heterocycles. The van der Waals surface area contributed by atoms with Crippen molar-refractivity contribution in [3.05, 3.63) is 54.1 Å². The van der Waals surface area contributed by atoms with E-state index in [-0.39, 0.29) is 18.4 Å². The summed E-state index contributed by atoms with van der Waals surface area (Å²) < 4.78 is 0. The highest BCUT2D eigenvalue weighted by atomic mass is 16.2. The molecule has 0 bridgehead atoms. The number of anilines is 3. The Morgan fingerprint density at radius 3 is 2.21 bits per heavy atom. The van der Waals surface area contributed by atoms with Crippen molar-refractivity contribution in [1.29, 1.82) is 0 Å². The average molecular weight is 326 g/mol. The third-order valence-corrected chi connectivity index (χ3v) is 3.07. The van der Waals surface area contributed by atoms with Gasteiger partial charge in [-0.3, -0.25) is 14.4 Å². The molecule has 5 N–H and O–H groups in total. The summed E-state index contributed by atoms with van der Waals surface area (Å²) in [5, 5.41) is 8.30. The van der Waals surface area contributed by atoms with Gasteiger partial charge in [0.15, 0.2) is 0 Å². The van der Waals surface area contributed by atoms with Gasteiger partial charge >= 0.3 is 0 Å². The molecule has 24 heavy (non-hydrogen) atoms. The zero-order valence-corrected chi connectivity index (χ0v) is 13.1. The standard InChI is InChI=1S/C17H18N4O3/c1-11(22)20-15-7-3-5-13(9-15)19-10-16(23)21-14-6-2-4-12(8-14)17(18)24/h2-9,19H,10H2,1H3,(H2,18,24)(H,20,22)(H,21,23). The van der Waals surface area contributed by atoms with Crippen molar-refractivity contribution in [2.45, 2.75) is 6.92 Å². The molecule has 0 radical (unpaired) electrons. The maximum absolute atomic E-state index is 12.0. The van der Waals surface area contributed by atoms with Crippen LogP contribution in [0.5, 0.6) is 0 Å². The zero-order valence-electron chi connectivity index (χ0n) is 13.1. The van der Waals surface area contributed by atoms with E-state index in [2.05, 4.69) is 16.0 Å². The van der Waals surface area contributed by atoms with E-state index in [1.807, 2.05) is 0 Å². The van der Waals surface area contributed by atoms with Crippen molar-refractivity contribution in [3.8, 4) is 0 Å². The van der Waals surface area contributed by atoms with Gasteiger partial charge in [0.25, 0.3) is 0 Å². The molecule has 7 heteroatoms. The van der Waals surface area contributed by atoms with Crippen molar-refractivity contribution in [3.63, 3.8) is 0 Å². The van der Waals surface area contributed by atoms with Gasteiger partial charge in [-0.2, -0.15) is 0 Å². The number of amides is 3. The van der Waals surface area contributed by atoms with Crippen molar-refractivity contribution >= 4 is 34.8 Å². The number of rotatable bonds is 6. The molecule has 0 unspecified atom stereocenters. The topological polar surface area (TPSA) is 113 Å². The summed E-state index contributed by atoms with van der Waals surface area (Å²) in [5.74, 6) is -1.00. The predicted octanol–water partition coefficient (Wildman–Crippen LogP) is 1.79. The molecule has 2 aromatic rings. The number of carbonyl (C=O) groups excluding carboxylic acids is 3. The van der Waals surface area contributed by atoms with Gasteiger partial charge in [0.2, 0.25) is 17.7 Å². The van der Waals surface area contributed by atoms with E-state index >= 15 is 0 Å². The Balaban J connectivity index is 1.92. The van der Waals surface area contributed by atoms with Gasteiger partial charge in [0, 0.05) is 29.5 Å². The fourth-order valence-corrected chi connectivity index (χ4v) is 2.05. The summed E-state index contributed by atoms with van der Waals surface area (Å²) in [6.45, 7) is 1.46. The second-order valence-corrected chi connectivity index (χ2v) is 5.11.